The van der Waals surface area contributed by atoms with Gasteiger partial charge in [-0.2, -0.15) is 0 Å². The highest BCUT2D eigenvalue weighted by atomic mass is 16.4. The lowest BCUT2D eigenvalue weighted by atomic mass is 10.1. The van der Waals surface area contributed by atoms with E-state index in [0.29, 0.717) is 0 Å². The van der Waals surface area contributed by atoms with Crippen molar-refractivity contribution >= 4 is 59.2 Å². The lowest BCUT2D eigenvalue weighted by Crippen LogP contribution is -2.62. The molecule has 318 valence electrons. The van der Waals surface area contributed by atoms with Crippen LogP contribution in [0.25, 0.3) is 0 Å². The number of aliphatic hydroxyl groups excluding tert-OH is 3. The van der Waals surface area contributed by atoms with Gasteiger partial charge in [0.15, 0.2) is 11.9 Å². The monoisotopic (exact) mass is 804 g/mol. The summed E-state index contributed by atoms with van der Waals surface area (Å²) in [6, 6.07) is -11.1. The molecule has 0 rings (SSSR count). The van der Waals surface area contributed by atoms with Crippen LogP contribution in [0.1, 0.15) is 52.9 Å². The van der Waals surface area contributed by atoms with Crippen molar-refractivity contribution in [2.45, 2.75) is 107 Å². The van der Waals surface area contributed by atoms with Crippen LogP contribution in [0.3, 0.4) is 0 Å². The quantitative estimate of drug-likeness (QED) is 0.0219. The normalized spacial score (nSPS) is 15.6. The van der Waals surface area contributed by atoms with Gasteiger partial charge in [-0.25, -0.2) is 4.79 Å². The molecule has 56 heavy (non-hydrogen) atoms. The van der Waals surface area contributed by atoms with Crippen molar-refractivity contribution in [1.29, 1.82) is 0 Å². The Kier molecular flexibility index (Phi) is 22.6. The molecule has 0 spiro atoms. The molecule has 0 aliphatic carbocycles. The minimum absolute atomic E-state index is 0.0262. The second-order valence-corrected chi connectivity index (χ2v) is 12.6. The smallest absolute Gasteiger partial charge is 0.326 e. The van der Waals surface area contributed by atoms with Crippen molar-refractivity contribution in [3.05, 3.63) is 0 Å². The van der Waals surface area contributed by atoms with Crippen LogP contribution in [0.2, 0.25) is 0 Å². The number of aliphatic imine (C=N–C) groups is 2. The van der Waals surface area contributed by atoms with E-state index in [2.05, 4.69) is 36.6 Å². The van der Waals surface area contributed by atoms with Crippen LogP contribution in [0.4, 0.5) is 0 Å². The van der Waals surface area contributed by atoms with E-state index in [4.69, 9.17) is 34.4 Å². The van der Waals surface area contributed by atoms with Gasteiger partial charge in [-0.1, -0.05) is 0 Å². The molecule has 0 aromatic carbocycles. The first-order chi connectivity index (χ1) is 26.0. The molecule has 0 saturated heterocycles. The second kappa shape index (κ2) is 25.3. The largest absolute Gasteiger partial charge is 0.480 e. The molecular weight excluding hydrogens is 748 g/mol. The van der Waals surface area contributed by atoms with E-state index in [0.717, 1.165) is 13.8 Å². The summed E-state index contributed by atoms with van der Waals surface area (Å²) in [7, 11) is 0. The number of amides is 7. The number of aliphatic hydroxyl groups is 3. The molecule has 0 fully saturated rings. The fourth-order valence-corrected chi connectivity index (χ4v) is 4.56. The zero-order chi connectivity index (χ0) is 43.3. The number of nitrogens with two attached hydrogens (primary N) is 6. The third kappa shape index (κ3) is 19.5. The molecule has 9 atom stereocenters. The lowest BCUT2D eigenvalue weighted by Gasteiger charge is -2.28. The number of carbonyl (C=O) groups is 8. The molecular formula is C30H56N14O12. The minimum atomic E-state index is -1.84. The van der Waals surface area contributed by atoms with E-state index in [9.17, 15) is 58.8 Å². The first-order valence-electron chi connectivity index (χ1n) is 17.2. The number of hydrogen-bond acceptors (Lipinski definition) is 14. The highest BCUT2D eigenvalue weighted by molar-refractivity contribution is 5.97. The zero-order valence-electron chi connectivity index (χ0n) is 31.3. The predicted octanol–water partition coefficient (Wildman–Crippen LogP) is -8.94. The number of carboxylic acids is 1. The summed E-state index contributed by atoms with van der Waals surface area (Å²) in [5.74, 6) is -9.56. The highest BCUT2D eigenvalue weighted by Crippen LogP contribution is 2.06. The average Bonchev–Trinajstić information content (AvgIpc) is 3.09. The summed E-state index contributed by atoms with van der Waals surface area (Å²) < 4.78 is 0. The van der Waals surface area contributed by atoms with Crippen molar-refractivity contribution in [3.8, 4) is 0 Å². The van der Waals surface area contributed by atoms with Crippen LogP contribution in [0.5, 0.6) is 0 Å². The second-order valence-electron chi connectivity index (χ2n) is 12.6. The zero-order valence-corrected chi connectivity index (χ0v) is 31.3. The summed E-state index contributed by atoms with van der Waals surface area (Å²) >= 11 is 0. The molecule has 0 bridgehead atoms. The number of rotatable bonds is 26. The molecule has 0 aromatic heterocycles. The average molecular weight is 805 g/mol. The van der Waals surface area contributed by atoms with Crippen LogP contribution >= 0.6 is 0 Å². The highest BCUT2D eigenvalue weighted by Gasteiger charge is 2.36. The molecule has 0 aliphatic rings. The fourth-order valence-electron chi connectivity index (χ4n) is 4.56. The first-order valence-corrected chi connectivity index (χ1v) is 17.2. The van der Waals surface area contributed by atoms with E-state index in [1.165, 1.54) is 6.92 Å². The van der Waals surface area contributed by atoms with Gasteiger partial charge in [0.25, 0.3) is 0 Å². The van der Waals surface area contributed by atoms with Gasteiger partial charge >= 0.3 is 5.97 Å². The van der Waals surface area contributed by atoms with Crippen LogP contribution in [-0.4, -0.2) is 154 Å². The van der Waals surface area contributed by atoms with Gasteiger partial charge in [-0.05, 0) is 46.5 Å². The summed E-state index contributed by atoms with van der Waals surface area (Å²) in [5.41, 5.74) is 31.9. The molecule has 0 aliphatic heterocycles. The predicted molar refractivity (Wildman–Crippen MR) is 197 cm³/mol. The Morgan fingerprint density at radius 2 is 0.911 bits per heavy atom. The van der Waals surface area contributed by atoms with E-state index < -0.39 is 115 Å². The first kappa shape index (κ1) is 50.1. The van der Waals surface area contributed by atoms with Crippen LogP contribution < -0.4 is 66.3 Å². The number of carboxylic acid groups (broad SMARTS) is 1. The number of primary amides is 1. The van der Waals surface area contributed by atoms with Gasteiger partial charge in [-0.3, -0.25) is 43.5 Å². The standard InChI is InChI=1S/C30H56N14O12/c1-12(31)22(49)39-15(6-4-8-37-29(33)34)23(50)42-18(11-45)25(52)44-20(13(2)46)26(53)40-16(7-5-9-38-30(35)36)24(51)43-21(14(3)47)27(54)41-17(28(55)56)10-19(32)48/h12-18,20-21,45-47H,4-11,31H2,1-3H3,(H2,32,48)(H,39,49)(H,40,53)(H,41,54)(H,42,50)(H,43,51)(H,44,52)(H,55,56)(H4,33,34,37)(H4,35,36,38)/t12-,13+,14+,15-,16-,17-,18-,20-,21-/m0/s1. The van der Waals surface area contributed by atoms with Crippen LogP contribution in [0, 0.1) is 0 Å². The maximum Gasteiger partial charge on any atom is 0.326 e. The molecule has 0 radical (unpaired) electrons. The Labute approximate surface area is 321 Å². The number of hydrogen-bond donors (Lipinski definition) is 16. The molecule has 26 heteroatoms. The summed E-state index contributed by atoms with van der Waals surface area (Å²) in [5, 5.41) is 53.3. The van der Waals surface area contributed by atoms with Crippen LogP contribution in [-0.2, 0) is 38.4 Å². The topological polar surface area (TPSA) is 470 Å². The molecule has 22 N–H and O–H groups in total. The summed E-state index contributed by atoms with van der Waals surface area (Å²) in [6.07, 6.45) is -4.19. The van der Waals surface area contributed by atoms with Gasteiger partial charge in [0.2, 0.25) is 41.4 Å². The number of carbonyl (C=O) groups excluding carboxylic acids is 7. The third-order valence-corrected chi connectivity index (χ3v) is 7.53. The van der Waals surface area contributed by atoms with Crippen LogP contribution in [0.15, 0.2) is 9.98 Å². The number of guanidine groups is 2. The molecule has 0 aromatic rings. The SMILES string of the molecule is C[C@H](N)C(=O)N[C@@H](CCCN=C(N)N)C(=O)N[C@@H](CO)C(=O)N[C@H](C(=O)N[C@@H](CCCN=C(N)N)C(=O)N[C@H](C(=O)N[C@@H](CC(N)=O)C(=O)O)[C@@H](C)O)[C@@H](C)O. The minimum Gasteiger partial charge on any atom is -0.480 e. The Morgan fingerprint density at radius 1 is 0.554 bits per heavy atom. The molecule has 26 nitrogen and oxygen atoms in total. The van der Waals surface area contributed by atoms with Gasteiger partial charge in [0, 0.05) is 13.1 Å². The van der Waals surface area contributed by atoms with E-state index in [1.807, 2.05) is 5.32 Å². The Morgan fingerprint density at radius 3 is 1.25 bits per heavy atom. The molecule has 0 unspecified atom stereocenters. The molecule has 0 saturated carbocycles. The van der Waals surface area contributed by atoms with Gasteiger partial charge in [0.05, 0.1) is 31.3 Å². The molecule has 0 heterocycles. The maximum absolute atomic E-state index is 13.5. The summed E-state index contributed by atoms with van der Waals surface area (Å²) in [6.45, 7) is 2.55. The molecule has 7 amide bonds. The van der Waals surface area contributed by atoms with Crippen molar-refractivity contribution in [3.63, 3.8) is 0 Å². The number of aliphatic carboxylic acids is 1. The van der Waals surface area contributed by atoms with Crippen molar-refractivity contribution in [2.24, 2.45) is 44.4 Å². The third-order valence-electron chi connectivity index (χ3n) is 7.53. The Bertz CT molecular complexity index is 1430. The number of nitrogens with zero attached hydrogens (tertiary/aromatic N) is 2. The fraction of sp³-hybridized carbons (Fsp3) is 0.667. The van der Waals surface area contributed by atoms with E-state index in [1.54, 1.807) is 0 Å². The Balaban J connectivity index is 6.19. The van der Waals surface area contributed by atoms with Crippen molar-refractivity contribution in [1.82, 2.24) is 31.9 Å². The van der Waals surface area contributed by atoms with Gasteiger partial charge in [0.1, 0.15) is 36.3 Å². The maximum atomic E-state index is 13.5. The van der Waals surface area contributed by atoms with E-state index >= 15 is 0 Å². The van der Waals surface area contributed by atoms with Gasteiger partial charge < -0.3 is 86.7 Å². The number of nitrogens with one attached hydrogen (secondary N) is 6. The van der Waals surface area contributed by atoms with Crippen molar-refractivity contribution < 1.29 is 58.8 Å². The Hall–Kier alpha value is -5.86. The van der Waals surface area contributed by atoms with Crippen molar-refractivity contribution in [2.75, 3.05) is 19.7 Å². The van der Waals surface area contributed by atoms with E-state index in [-0.39, 0.29) is 50.7 Å². The lowest BCUT2D eigenvalue weighted by molar-refractivity contribution is -0.144. The van der Waals surface area contributed by atoms with Gasteiger partial charge in [-0.15, -0.1) is 0 Å². The summed E-state index contributed by atoms with van der Waals surface area (Å²) in [4.78, 5) is 109.